The molecule has 3 fully saturated rings. The van der Waals surface area contributed by atoms with Crippen molar-refractivity contribution in [3.63, 3.8) is 0 Å². The van der Waals surface area contributed by atoms with E-state index in [0.29, 0.717) is 6.04 Å². The number of ether oxygens (including phenoxy) is 1. The van der Waals surface area contributed by atoms with Crippen molar-refractivity contribution in [2.75, 3.05) is 14.2 Å². The van der Waals surface area contributed by atoms with E-state index in [-0.39, 0.29) is 5.60 Å². The number of fused-ring (bicyclic) bond motifs is 2. The van der Waals surface area contributed by atoms with Crippen LogP contribution in [0.3, 0.4) is 0 Å². The van der Waals surface area contributed by atoms with Crippen LogP contribution in [0.2, 0.25) is 0 Å². The highest BCUT2D eigenvalue weighted by Crippen LogP contribution is 2.51. The van der Waals surface area contributed by atoms with Gasteiger partial charge < -0.3 is 10.1 Å². The van der Waals surface area contributed by atoms with Gasteiger partial charge in [-0.15, -0.1) is 0 Å². The summed E-state index contributed by atoms with van der Waals surface area (Å²) in [5.41, 5.74) is 0.114. The van der Waals surface area contributed by atoms with Gasteiger partial charge in [0.15, 0.2) is 0 Å². The molecule has 2 bridgehead atoms. The van der Waals surface area contributed by atoms with Crippen LogP contribution in [0.25, 0.3) is 0 Å². The number of nitrogens with one attached hydrogen (secondary N) is 1. The minimum atomic E-state index is 0.114. The van der Waals surface area contributed by atoms with E-state index in [4.69, 9.17) is 4.74 Å². The number of methoxy groups -OCH3 is 1. The SMILES string of the molecule is CNC(CC1CC2CCC1C2)C1(OC)CCC(C)CC1. The molecule has 20 heavy (non-hydrogen) atoms. The van der Waals surface area contributed by atoms with E-state index < -0.39 is 0 Å². The molecule has 0 amide bonds. The fraction of sp³-hybridized carbons (Fsp3) is 1.00. The van der Waals surface area contributed by atoms with E-state index in [1.165, 1.54) is 57.8 Å². The van der Waals surface area contributed by atoms with Gasteiger partial charge in [0.05, 0.1) is 5.60 Å². The zero-order chi connectivity index (χ0) is 14.2. The van der Waals surface area contributed by atoms with Crippen LogP contribution in [0, 0.1) is 23.7 Å². The molecular weight excluding hydrogens is 246 g/mol. The number of hydrogen-bond acceptors (Lipinski definition) is 2. The molecular formula is C18H33NO. The maximum atomic E-state index is 6.11. The first-order valence-electron chi connectivity index (χ1n) is 8.89. The van der Waals surface area contributed by atoms with Gasteiger partial charge in [-0.05, 0) is 82.1 Å². The Morgan fingerprint density at radius 1 is 1.15 bits per heavy atom. The highest BCUT2D eigenvalue weighted by atomic mass is 16.5. The maximum absolute atomic E-state index is 6.11. The lowest BCUT2D eigenvalue weighted by Crippen LogP contribution is -2.53. The van der Waals surface area contributed by atoms with E-state index >= 15 is 0 Å². The maximum Gasteiger partial charge on any atom is 0.0831 e. The van der Waals surface area contributed by atoms with Crippen molar-refractivity contribution in [3.05, 3.63) is 0 Å². The fourth-order valence-electron chi connectivity index (χ4n) is 5.51. The zero-order valence-electron chi connectivity index (χ0n) is 13.7. The standard InChI is InChI=1S/C18H33NO/c1-13-6-8-18(20-3,9-7-13)17(19-2)12-16-11-14-4-5-15(16)10-14/h13-17,19H,4-12H2,1-3H3. The van der Waals surface area contributed by atoms with Crippen LogP contribution in [-0.4, -0.2) is 25.8 Å². The first-order chi connectivity index (χ1) is 9.66. The third-order valence-electron chi connectivity index (χ3n) is 6.93. The molecule has 0 heterocycles. The summed E-state index contributed by atoms with van der Waals surface area (Å²) in [6.07, 6.45) is 12.6. The quantitative estimate of drug-likeness (QED) is 0.821. The van der Waals surface area contributed by atoms with Crippen LogP contribution in [0.4, 0.5) is 0 Å². The highest BCUT2D eigenvalue weighted by Gasteiger charge is 2.45. The van der Waals surface area contributed by atoms with E-state index in [1.807, 2.05) is 7.11 Å². The highest BCUT2D eigenvalue weighted by molar-refractivity contribution is 5.00. The average molecular weight is 279 g/mol. The molecule has 3 aliphatic carbocycles. The number of likely N-dealkylation sites (N-methyl/N-ethyl adjacent to an activating group) is 1. The molecule has 2 heteroatoms. The van der Waals surface area contributed by atoms with Gasteiger partial charge >= 0.3 is 0 Å². The molecule has 0 radical (unpaired) electrons. The summed E-state index contributed by atoms with van der Waals surface area (Å²) in [7, 11) is 4.10. The van der Waals surface area contributed by atoms with Gasteiger partial charge in [0, 0.05) is 13.2 Å². The van der Waals surface area contributed by atoms with Gasteiger partial charge in [0.1, 0.15) is 0 Å². The van der Waals surface area contributed by atoms with Crippen molar-refractivity contribution in [2.45, 2.75) is 76.4 Å². The molecule has 3 rings (SSSR count). The van der Waals surface area contributed by atoms with Crippen molar-refractivity contribution in [1.82, 2.24) is 5.32 Å². The molecule has 3 saturated carbocycles. The monoisotopic (exact) mass is 279 g/mol. The van der Waals surface area contributed by atoms with Crippen LogP contribution in [0.15, 0.2) is 0 Å². The third kappa shape index (κ3) is 2.66. The summed E-state index contributed by atoms with van der Waals surface area (Å²) in [5, 5.41) is 3.64. The molecule has 4 unspecified atom stereocenters. The molecule has 1 N–H and O–H groups in total. The van der Waals surface area contributed by atoms with Crippen molar-refractivity contribution >= 4 is 0 Å². The number of rotatable bonds is 5. The van der Waals surface area contributed by atoms with Gasteiger partial charge in [0.2, 0.25) is 0 Å². The molecule has 3 aliphatic rings. The fourth-order valence-corrected chi connectivity index (χ4v) is 5.51. The van der Waals surface area contributed by atoms with Gasteiger partial charge in [-0.25, -0.2) is 0 Å². The first kappa shape index (κ1) is 14.8. The lowest BCUT2D eigenvalue weighted by atomic mass is 9.71. The predicted molar refractivity (Wildman–Crippen MR) is 83.8 cm³/mol. The molecule has 2 nitrogen and oxygen atoms in total. The Morgan fingerprint density at radius 2 is 1.90 bits per heavy atom. The largest absolute Gasteiger partial charge is 0.377 e. The van der Waals surface area contributed by atoms with E-state index in [1.54, 1.807) is 0 Å². The Bertz CT molecular complexity index is 321. The summed E-state index contributed by atoms with van der Waals surface area (Å²) in [6.45, 7) is 2.39. The zero-order valence-corrected chi connectivity index (χ0v) is 13.7. The van der Waals surface area contributed by atoms with Crippen LogP contribution in [0.1, 0.15) is 64.7 Å². The molecule has 116 valence electrons. The van der Waals surface area contributed by atoms with E-state index in [9.17, 15) is 0 Å². The minimum absolute atomic E-state index is 0.114. The van der Waals surface area contributed by atoms with Crippen molar-refractivity contribution in [3.8, 4) is 0 Å². The van der Waals surface area contributed by atoms with Crippen molar-refractivity contribution in [1.29, 1.82) is 0 Å². The Balaban J connectivity index is 1.65. The molecule has 0 spiro atoms. The van der Waals surface area contributed by atoms with Crippen molar-refractivity contribution < 1.29 is 4.74 Å². The second kappa shape index (κ2) is 5.96. The molecule has 0 aromatic carbocycles. The summed E-state index contributed by atoms with van der Waals surface area (Å²) in [4.78, 5) is 0. The summed E-state index contributed by atoms with van der Waals surface area (Å²) in [5.74, 6) is 3.95. The van der Waals surface area contributed by atoms with E-state index in [0.717, 1.165) is 23.7 Å². The van der Waals surface area contributed by atoms with Crippen LogP contribution >= 0.6 is 0 Å². The molecule has 0 aromatic rings. The Kier molecular flexibility index (Phi) is 4.42. The van der Waals surface area contributed by atoms with Gasteiger partial charge in [-0.3, -0.25) is 0 Å². The second-order valence-corrected chi connectivity index (χ2v) is 7.96. The molecule has 4 atom stereocenters. The van der Waals surface area contributed by atoms with Gasteiger partial charge in [-0.2, -0.15) is 0 Å². The number of hydrogen-bond donors (Lipinski definition) is 1. The topological polar surface area (TPSA) is 21.3 Å². The summed E-state index contributed by atoms with van der Waals surface area (Å²) >= 11 is 0. The summed E-state index contributed by atoms with van der Waals surface area (Å²) < 4.78 is 6.11. The molecule has 0 aliphatic heterocycles. The molecule has 0 aromatic heterocycles. The first-order valence-corrected chi connectivity index (χ1v) is 8.89. The smallest absolute Gasteiger partial charge is 0.0831 e. The van der Waals surface area contributed by atoms with Gasteiger partial charge in [0.25, 0.3) is 0 Å². The predicted octanol–water partition coefficient (Wildman–Crippen LogP) is 4.00. The lowest BCUT2D eigenvalue weighted by molar-refractivity contribution is -0.0793. The Hall–Kier alpha value is -0.0800. The average Bonchev–Trinajstić information content (AvgIpc) is 3.09. The van der Waals surface area contributed by atoms with Crippen LogP contribution in [0.5, 0.6) is 0 Å². The minimum Gasteiger partial charge on any atom is -0.377 e. The van der Waals surface area contributed by atoms with Gasteiger partial charge in [-0.1, -0.05) is 13.3 Å². The van der Waals surface area contributed by atoms with Crippen LogP contribution < -0.4 is 5.32 Å². The van der Waals surface area contributed by atoms with Crippen molar-refractivity contribution in [2.24, 2.45) is 23.7 Å². The lowest BCUT2D eigenvalue weighted by Gasteiger charge is -2.45. The van der Waals surface area contributed by atoms with E-state index in [2.05, 4.69) is 19.3 Å². The third-order valence-corrected chi connectivity index (χ3v) is 6.93. The normalized spacial score (nSPS) is 45.8. The second-order valence-electron chi connectivity index (χ2n) is 7.96. The van der Waals surface area contributed by atoms with Crippen LogP contribution in [-0.2, 0) is 4.74 Å². The molecule has 0 saturated heterocycles. The Morgan fingerprint density at radius 3 is 2.40 bits per heavy atom. The Labute approximate surface area is 125 Å². The summed E-state index contributed by atoms with van der Waals surface area (Å²) in [6, 6.07) is 0.560.